The minimum Gasteiger partial charge on any atom is -0.338 e. The second-order valence-corrected chi connectivity index (χ2v) is 6.54. The highest BCUT2D eigenvalue weighted by atomic mass is 32.1. The van der Waals surface area contributed by atoms with Gasteiger partial charge in [-0.1, -0.05) is 35.0 Å². The van der Waals surface area contributed by atoms with Gasteiger partial charge in [0.15, 0.2) is 0 Å². The SMILES string of the molecule is Cc1ccc(CN(C)Cc2nc(-c3cccs3)no2)c(C)c1. The maximum atomic E-state index is 5.35. The van der Waals surface area contributed by atoms with Gasteiger partial charge < -0.3 is 4.52 Å². The van der Waals surface area contributed by atoms with E-state index in [0.717, 1.165) is 11.4 Å². The molecule has 1 aromatic carbocycles. The van der Waals surface area contributed by atoms with Crippen LogP contribution in [0, 0.1) is 13.8 Å². The zero-order valence-electron chi connectivity index (χ0n) is 13.0. The molecule has 3 rings (SSSR count). The zero-order valence-corrected chi connectivity index (χ0v) is 13.9. The Labute approximate surface area is 134 Å². The second-order valence-electron chi connectivity index (χ2n) is 5.59. The fourth-order valence-corrected chi connectivity index (χ4v) is 3.07. The third-order valence-corrected chi connectivity index (χ3v) is 4.42. The van der Waals surface area contributed by atoms with Crippen LogP contribution >= 0.6 is 11.3 Å². The largest absolute Gasteiger partial charge is 0.338 e. The van der Waals surface area contributed by atoms with Crippen LogP contribution < -0.4 is 0 Å². The van der Waals surface area contributed by atoms with Crippen molar-refractivity contribution in [2.75, 3.05) is 7.05 Å². The van der Waals surface area contributed by atoms with E-state index in [-0.39, 0.29) is 0 Å². The van der Waals surface area contributed by atoms with E-state index in [1.807, 2.05) is 17.5 Å². The predicted octanol–water partition coefficient (Wildman–Crippen LogP) is 4.05. The lowest BCUT2D eigenvalue weighted by Crippen LogP contribution is -2.18. The van der Waals surface area contributed by atoms with E-state index in [9.17, 15) is 0 Å². The Hall–Kier alpha value is -1.98. The maximum absolute atomic E-state index is 5.35. The molecule has 0 aliphatic heterocycles. The van der Waals surface area contributed by atoms with Crippen molar-refractivity contribution >= 4 is 11.3 Å². The van der Waals surface area contributed by atoms with E-state index in [1.165, 1.54) is 16.7 Å². The van der Waals surface area contributed by atoms with Gasteiger partial charge >= 0.3 is 0 Å². The summed E-state index contributed by atoms with van der Waals surface area (Å²) in [5.74, 6) is 1.32. The van der Waals surface area contributed by atoms with Crippen LogP contribution in [0.2, 0.25) is 0 Å². The van der Waals surface area contributed by atoms with Crippen LogP contribution in [0.5, 0.6) is 0 Å². The highest BCUT2D eigenvalue weighted by Crippen LogP contribution is 2.21. The van der Waals surface area contributed by atoms with Crippen LogP contribution in [0.15, 0.2) is 40.2 Å². The molecule has 0 saturated heterocycles. The molecule has 0 fully saturated rings. The number of thiophene rings is 1. The summed E-state index contributed by atoms with van der Waals surface area (Å²) in [6, 6.07) is 10.5. The minimum atomic E-state index is 0.645. The smallest absolute Gasteiger partial charge is 0.241 e. The van der Waals surface area contributed by atoms with Gasteiger partial charge in [0.25, 0.3) is 0 Å². The highest BCUT2D eigenvalue weighted by molar-refractivity contribution is 7.13. The molecule has 22 heavy (non-hydrogen) atoms. The third-order valence-electron chi connectivity index (χ3n) is 3.55. The van der Waals surface area contributed by atoms with Gasteiger partial charge in [0.2, 0.25) is 11.7 Å². The van der Waals surface area contributed by atoms with Gasteiger partial charge in [0.05, 0.1) is 11.4 Å². The third kappa shape index (κ3) is 3.43. The minimum absolute atomic E-state index is 0.645. The van der Waals surface area contributed by atoms with Crippen LogP contribution in [0.25, 0.3) is 10.7 Å². The molecule has 2 heterocycles. The highest BCUT2D eigenvalue weighted by Gasteiger charge is 2.12. The molecule has 0 bridgehead atoms. The molecule has 5 heteroatoms. The molecule has 114 valence electrons. The Balaban J connectivity index is 1.65. The van der Waals surface area contributed by atoms with E-state index in [0.29, 0.717) is 18.3 Å². The van der Waals surface area contributed by atoms with Crippen LogP contribution in [-0.4, -0.2) is 22.1 Å². The standard InChI is InChI=1S/C17H19N3OS/c1-12-6-7-14(13(2)9-12)10-20(3)11-16-18-17(19-21-16)15-5-4-8-22-15/h4-9H,10-11H2,1-3H3. The maximum Gasteiger partial charge on any atom is 0.241 e. The molecule has 0 radical (unpaired) electrons. The Bertz CT molecular complexity index is 749. The number of aromatic nitrogens is 2. The van der Waals surface area contributed by atoms with Gasteiger partial charge in [-0.05, 0) is 43.5 Å². The molecule has 4 nitrogen and oxygen atoms in total. The van der Waals surface area contributed by atoms with Gasteiger partial charge in [0.1, 0.15) is 0 Å². The first-order chi connectivity index (χ1) is 10.6. The van der Waals surface area contributed by atoms with Gasteiger partial charge in [-0.2, -0.15) is 4.98 Å². The lowest BCUT2D eigenvalue weighted by atomic mass is 10.1. The molecular weight excluding hydrogens is 294 g/mol. The number of aryl methyl sites for hydroxylation is 2. The fraction of sp³-hybridized carbons (Fsp3) is 0.294. The van der Waals surface area contributed by atoms with Crippen molar-refractivity contribution in [3.05, 3.63) is 58.3 Å². The summed E-state index contributed by atoms with van der Waals surface area (Å²) in [4.78, 5) is 7.68. The summed E-state index contributed by atoms with van der Waals surface area (Å²) in [5.41, 5.74) is 3.93. The van der Waals surface area contributed by atoms with Crippen molar-refractivity contribution in [1.29, 1.82) is 0 Å². The Morgan fingerprint density at radius 3 is 2.77 bits per heavy atom. The van der Waals surface area contributed by atoms with Crippen molar-refractivity contribution in [3.63, 3.8) is 0 Å². The zero-order chi connectivity index (χ0) is 15.5. The molecule has 2 aromatic heterocycles. The van der Waals surface area contributed by atoms with Crippen molar-refractivity contribution in [3.8, 4) is 10.7 Å². The Kier molecular flexibility index (Phi) is 4.36. The van der Waals surface area contributed by atoms with E-state index in [2.05, 4.69) is 54.1 Å². The lowest BCUT2D eigenvalue weighted by molar-refractivity contribution is 0.260. The summed E-state index contributed by atoms with van der Waals surface area (Å²) < 4.78 is 5.35. The monoisotopic (exact) mass is 313 g/mol. The van der Waals surface area contributed by atoms with Crippen molar-refractivity contribution < 1.29 is 4.52 Å². The summed E-state index contributed by atoms with van der Waals surface area (Å²) in [7, 11) is 2.06. The summed E-state index contributed by atoms with van der Waals surface area (Å²) >= 11 is 1.62. The van der Waals surface area contributed by atoms with E-state index in [4.69, 9.17) is 4.52 Å². The van der Waals surface area contributed by atoms with Crippen LogP contribution in [0.1, 0.15) is 22.6 Å². The van der Waals surface area contributed by atoms with E-state index >= 15 is 0 Å². The molecule has 0 N–H and O–H groups in total. The molecule has 0 saturated carbocycles. The van der Waals surface area contributed by atoms with Crippen molar-refractivity contribution in [2.24, 2.45) is 0 Å². The number of rotatable bonds is 5. The van der Waals surface area contributed by atoms with Crippen molar-refractivity contribution in [2.45, 2.75) is 26.9 Å². The lowest BCUT2D eigenvalue weighted by Gasteiger charge is -2.16. The number of hydrogen-bond donors (Lipinski definition) is 0. The first-order valence-corrected chi connectivity index (χ1v) is 8.11. The fourth-order valence-electron chi connectivity index (χ4n) is 2.43. The Morgan fingerprint density at radius 1 is 1.18 bits per heavy atom. The van der Waals surface area contributed by atoms with Gasteiger partial charge in [-0.3, -0.25) is 4.90 Å². The van der Waals surface area contributed by atoms with Gasteiger partial charge in [0, 0.05) is 6.54 Å². The number of benzene rings is 1. The topological polar surface area (TPSA) is 42.2 Å². The molecule has 0 unspecified atom stereocenters. The summed E-state index contributed by atoms with van der Waals surface area (Å²) in [5, 5.41) is 6.06. The first-order valence-electron chi connectivity index (χ1n) is 7.23. The average molecular weight is 313 g/mol. The summed E-state index contributed by atoms with van der Waals surface area (Å²) in [6.45, 7) is 5.78. The van der Waals surface area contributed by atoms with E-state index < -0.39 is 0 Å². The quantitative estimate of drug-likeness (QED) is 0.713. The van der Waals surface area contributed by atoms with Gasteiger partial charge in [-0.25, -0.2) is 0 Å². The summed E-state index contributed by atoms with van der Waals surface area (Å²) in [6.07, 6.45) is 0. The molecule has 0 amide bonds. The van der Waals surface area contributed by atoms with Crippen LogP contribution in [-0.2, 0) is 13.1 Å². The number of nitrogens with zero attached hydrogens (tertiary/aromatic N) is 3. The molecule has 0 spiro atoms. The predicted molar refractivity (Wildman–Crippen MR) is 88.7 cm³/mol. The molecule has 3 aromatic rings. The van der Waals surface area contributed by atoms with E-state index in [1.54, 1.807) is 11.3 Å². The van der Waals surface area contributed by atoms with Crippen LogP contribution in [0.3, 0.4) is 0 Å². The molecule has 0 aliphatic carbocycles. The molecule has 0 atom stereocenters. The normalized spacial score (nSPS) is 11.3. The van der Waals surface area contributed by atoms with Crippen LogP contribution in [0.4, 0.5) is 0 Å². The molecule has 0 aliphatic rings. The Morgan fingerprint density at radius 2 is 2.05 bits per heavy atom. The van der Waals surface area contributed by atoms with Crippen molar-refractivity contribution in [1.82, 2.24) is 15.0 Å². The second kappa shape index (κ2) is 6.42. The number of hydrogen-bond acceptors (Lipinski definition) is 5. The van der Waals surface area contributed by atoms with Gasteiger partial charge in [-0.15, -0.1) is 11.3 Å². The molecular formula is C17H19N3OS. The average Bonchev–Trinajstić information content (AvgIpc) is 3.12. The first kappa shape index (κ1) is 14.9.